The van der Waals surface area contributed by atoms with Crippen molar-refractivity contribution in [3.05, 3.63) is 22.3 Å². The van der Waals surface area contributed by atoms with Gasteiger partial charge in [-0.05, 0) is 16.7 Å². The highest BCUT2D eigenvalue weighted by Gasteiger charge is 2.46. The number of rotatable bonds is 9. The Kier molecular flexibility index (Phi) is 8.82. The molecule has 1 aromatic carbocycles. The zero-order valence-electron chi connectivity index (χ0n) is 16.6. The molecule has 3 N–H and O–H groups in total. The van der Waals surface area contributed by atoms with Gasteiger partial charge in [0.25, 0.3) is 0 Å². The van der Waals surface area contributed by atoms with Crippen molar-refractivity contribution in [2.75, 3.05) is 17.2 Å². The number of hydrogen-bond donors (Lipinski definition) is 3. The van der Waals surface area contributed by atoms with E-state index in [1.165, 1.54) is 0 Å². The minimum Gasteiger partial charge on any atom is -0.454 e. The summed E-state index contributed by atoms with van der Waals surface area (Å²) in [7, 11) is 11.3. The molecule has 31 heavy (non-hydrogen) atoms. The third-order valence-electron chi connectivity index (χ3n) is 3.98. The van der Waals surface area contributed by atoms with Crippen molar-refractivity contribution < 1.29 is 40.9 Å². The second-order valence-corrected chi connectivity index (χ2v) is 7.77. The first kappa shape index (κ1) is 26.6. The fraction of sp³-hybridized carbons (Fsp3) is 0.438. The van der Waals surface area contributed by atoms with Crippen molar-refractivity contribution in [3.63, 3.8) is 0 Å². The van der Waals surface area contributed by atoms with Gasteiger partial charge in [-0.1, -0.05) is 19.0 Å². The Labute approximate surface area is 181 Å². The number of alkyl halides is 2. The maximum atomic E-state index is 13.5. The molecule has 0 aliphatic rings. The summed E-state index contributed by atoms with van der Waals surface area (Å²) in [5, 5.41) is 0.0505. The SMILES string of the molecule is [B]Cc1c(NC(C)=O)c(C[B])c(C(=O)OCC(F)(F)S(=O)(=O)O)c(C[B])c1NC(C)=O. The molecule has 0 spiro atoms. The third kappa shape index (κ3) is 6.06. The molecule has 0 bridgehead atoms. The largest absolute Gasteiger partial charge is 0.454 e. The van der Waals surface area contributed by atoms with E-state index in [-0.39, 0.29) is 34.4 Å². The summed E-state index contributed by atoms with van der Waals surface area (Å²) >= 11 is 0. The number of halogens is 2. The monoisotopic (exact) mass is 452 g/mol. The second-order valence-electron chi connectivity index (χ2n) is 6.22. The summed E-state index contributed by atoms with van der Waals surface area (Å²) in [6.45, 7) is 0.266. The number of anilines is 2. The maximum Gasteiger partial charge on any atom is 0.402 e. The minimum absolute atomic E-state index is 0.0630. The summed E-state index contributed by atoms with van der Waals surface area (Å²) < 4.78 is 61.5. The van der Waals surface area contributed by atoms with E-state index < -0.39 is 58.0 Å². The van der Waals surface area contributed by atoms with Crippen LogP contribution in [0.1, 0.15) is 40.9 Å². The average Bonchev–Trinajstić information content (AvgIpc) is 2.64. The van der Waals surface area contributed by atoms with E-state index in [4.69, 9.17) is 28.1 Å². The van der Waals surface area contributed by atoms with Gasteiger partial charge in [-0.3, -0.25) is 14.1 Å². The lowest BCUT2D eigenvalue weighted by Crippen LogP contribution is -2.35. The lowest BCUT2D eigenvalue weighted by Gasteiger charge is -2.25. The molecule has 0 atom stereocenters. The number of carbonyl (C=O) groups excluding carboxylic acids is 3. The van der Waals surface area contributed by atoms with Crippen molar-refractivity contribution in [3.8, 4) is 0 Å². The Morgan fingerprint density at radius 3 is 1.61 bits per heavy atom. The number of esters is 1. The lowest BCUT2D eigenvalue weighted by atomic mass is 9.79. The van der Waals surface area contributed by atoms with Crippen molar-refractivity contribution in [2.45, 2.75) is 38.1 Å². The van der Waals surface area contributed by atoms with Crippen LogP contribution in [-0.2, 0) is 43.4 Å². The first-order valence-electron chi connectivity index (χ1n) is 8.59. The molecular formula is C16H17B3F2N2O7S. The molecule has 0 fully saturated rings. The molecule has 162 valence electrons. The van der Waals surface area contributed by atoms with Gasteiger partial charge in [0.1, 0.15) is 0 Å². The van der Waals surface area contributed by atoms with Crippen molar-refractivity contribution in [1.29, 1.82) is 0 Å². The summed E-state index contributed by atoms with van der Waals surface area (Å²) in [4.78, 5) is 36.0. The Morgan fingerprint density at radius 2 is 1.32 bits per heavy atom. The number of hydrogen-bond acceptors (Lipinski definition) is 6. The van der Waals surface area contributed by atoms with Crippen LogP contribution in [0.25, 0.3) is 0 Å². The quantitative estimate of drug-likeness (QED) is 0.278. The number of ether oxygens (including phenoxy) is 1. The van der Waals surface area contributed by atoms with Gasteiger partial charge in [0.05, 0.1) is 29.1 Å². The first-order valence-corrected chi connectivity index (χ1v) is 10.0. The van der Waals surface area contributed by atoms with Crippen LogP contribution in [0.4, 0.5) is 20.2 Å². The van der Waals surface area contributed by atoms with Crippen molar-refractivity contribution in [2.24, 2.45) is 0 Å². The van der Waals surface area contributed by atoms with Gasteiger partial charge >= 0.3 is 21.3 Å². The normalized spacial score (nSPS) is 11.6. The van der Waals surface area contributed by atoms with Crippen LogP contribution >= 0.6 is 0 Å². The summed E-state index contributed by atoms with van der Waals surface area (Å²) in [6.07, 6.45) is -1.09. The molecule has 0 aliphatic carbocycles. The molecule has 0 saturated heterocycles. The highest BCUT2D eigenvalue weighted by Crippen LogP contribution is 2.37. The summed E-state index contributed by atoms with van der Waals surface area (Å²) in [5.74, 6) is -2.68. The molecule has 1 aromatic rings. The standard InChI is InChI=1S/C16H17B3F2N2O7S/c1-7(24)22-13-9(3-17)12(15(26)30-6-16(20,21)31(27,28)29)10(4-18)14(11(13)5-19)23-8(2)25/h3-6H2,1-2H3,(H,22,24)(H,23,25)(H,27,28,29). The van der Waals surface area contributed by atoms with E-state index in [0.717, 1.165) is 13.8 Å². The van der Waals surface area contributed by atoms with Gasteiger partial charge < -0.3 is 15.4 Å². The van der Waals surface area contributed by atoms with Gasteiger partial charge in [-0.15, -0.1) is 0 Å². The molecular weight excluding hydrogens is 435 g/mol. The van der Waals surface area contributed by atoms with E-state index >= 15 is 0 Å². The van der Waals surface area contributed by atoms with Gasteiger partial charge in [-0.25, -0.2) is 4.79 Å². The van der Waals surface area contributed by atoms with Crippen LogP contribution in [0.3, 0.4) is 0 Å². The number of amides is 2. The Balaban J connectivity index is 3.78. The van der Waals surface area contributed by atoms with E-state index in [1.807, 2.05) is 0 Å². The molecule has 2 amide bonds. The predicted octanol–water partition coefficient (Wildman–Crippen LogP) is 0.246. The number of benzene rings is 1. The van der Waals surface area contributed by atoms with E-state index in [9.17, 15) is 31.6 Å². The van der Waals surface area contributed by atoms with Crippen molar-refractivity contribution in [1.82, 2.24) is 0 Å². The van der Waals surface area contributed by atoms with Gasteiger partial charge in [0, 0.05) is 25.2 Å². The van der Waals surface area contributed by atoms with Crippen LogP contribution in [0.15, 0.2) is 0 Å². The van der Waals surface area contributed by atoms with Crippen LogP contribution in [-0.4, -0.2) is 66.2 Å². The van der Waals surface area contributed by atoms with Gasteiger partial charge in [-0.2, -0.15) is 17.2 Å². The zero-order chi connectivity index (χ0) is 24.1. The molecule has 9 nitrogen and oxygen atoms in total. The fourth-order valence-corrected chi connectivity index (χ4v) is 2.94. The smallest absolute Gasteiger partial charge is 0.402 e. The second kappa shape index (κ2) is 10.3. The molecule has 0 saturated carbocycles. The Hall–Kier alpha value is -2.41. The molecule has 6 radical (unpaired) electrons. The van der Waals surface area contributed by atoms with Crippen LogP contribution in [0.2, 0.25) is 0 Å². The molecule has 0 unspecified atom stereocenters. The fourth-order valence-electron chi connectivity index (χ4n) is 2.73. The van der Waals surface area contributed by atoms with Gasteiger partial charge in [0.15, 0.2) is 6.61 Å². The number of carbonyl (C=O) groups is 3. The zero-order valence-corrected chi connectivity index (χ0v) is 17.4. The van der Waals surface area contributed by atoms with Gasteiger partial charge in [0.2, 0.25) is 11.8 Å². The summed E-state index contributed by atoms with van der Waals surface area (Å²) in [6, 6.07) is 0. The van der Waals surface area contributed by atoms with Crippen LogP contribution in [0, 0.1) is 0 Å². The summed E-state index contributed by atoms with van der Waals surface area (Å²) in [5.41, 5.74) is -0.624. The van der Waals surface area contributed by atoms with E-state index in [0.29, 0.717) is 0 Å². The Morgan fingerprint density at radius 1 is 0.935 bits per heavy atom. The molecule has 15 heteroatoms. The van der Waals surface area contributed by atoms with Crippen LogP contribution in [0.5, 0.6) is 0 Å². The van der Waals surface area contributed by atoms with E-state index in [1.54, 1.807) is 0 Å². The molecule has 0 heterocycles. The Bertz CT molecular complexity index is 958. The number of nitrogens with one attached hydrogen (secondary N) is 2. The first-order chi connectivity index (χ1) is 14.2. The highest BCUT2D eigenvalue weighted by molar-refractivity contribution is 7.86. The minimum atomic E-state index is -5.86. The van der Waals surface area contributed by atoms with Crippen LogP contribution < -0.4 is 10.6 Å². The maximum absolute atomic E-state index is 13.5. The highest BCUT2D eigenvalue weighted by atomic mass is 32.2. The molecule has 0 aliphatic heterocycles. The lowest BCUT2D eigenvalue weighted by molar-refractivity contribution is -0.115. The molecule has 0 aromatic heterocycles. The average molecular weight is 452 g/mol. The topological polar surface area (TPSA) is 139 Å². The molecule has 1 rings (SSSR count). The van der Waals surface area contributed by atoms with Crippen molar-refractivity contribution >= 4 is 62.8 Å². The third-order valence-corrected chi connectivity index (χ3v) is 4.85. The van der Waals surface area contributed by atoms with E-state index in [2.05, 4.69) is 15.4 Å². The predicted molar refractivity (Wildman–Crippen MR) is 110 cm³/mol.